The summed E-state index contributed by atoms with van der Waals surface area (Å²) >= 11 is 0. The van der Waals surface area contributed by atoms with Gasteiger partial charge < -0.3 is 10.1 Å². The minimum atomic E-state index is 0.371. The zero-order valence-electron chi connectivity index (χ0n) is 9.75. The summed E-state index contributed by atoms with van der Waals surface area (Å²) in [5.41, 5.74) is 0. The lowest BCUT2D eigenvalue weighted by molar-refractivity contribution is 0.0650. The van der Waals surface area contributed by atoms with Crippen LogP contribution in [0.4, 0.5) is 0 Å². The van der Waals surface area contributed by atoms with Crippen LogP contribution in [0.5, 0.6) is 0 Å². The summed E-state index contributed by atoms with van der Waals surface area (Å²) in [6.45, 7) is 12.0. The van der Waals surface area contributed by atoms with Crippen molar-refractivity contribution in [1.29, 1.82) is 0 Å². The van der Waals surface area contributed by atoms with Crippen LogP contribution in [0.3, 0.4) is 0 Å². The van der Waals surface area contributed by atoms with Crippen molar-refractivity contribution in [3.05, 3.63) is 0 Å². The minimum absolute atomic E-state index is 0.371. The van der Waals surface area contributed by atoms with Crippen molar-refractivity contribution >= 4 is 0 Å². The van der Waals surface area contributed by atoms with Crippen molar-refractivity contribution in [2.75, 3.05) is 32.8 Å². The van der Waals surface area contributed by atoms with Crippen LogP contribution in [-0.2, 0) is 4.74 Å². The molecule has 0 aromatic heterocycles. The van der Waals surface area contributed by atoms with Gasteiger partial charge in [-0.3, -0.25) is 4.90 Å². The largest absolute Gasteiger partial charge is 0.379 e. The summed E-state index contributed by atoms with van der Waals surface area (Å²) in [4.78, 5) is 2.54. The monoisotopic (exact) mass is 200 g/mol. The lowest BCUT2D eigenvalue weighted by Gasteiger charge is -2.33. The van der Waals surface area contributed by atoms with Crippen molar-refractivity contribution in [3.8, 4) is 0 Å². The molecule has 0 amide bonds. The molecule has 0 aliphatic carbocycles. The normalized spacial score (nSPS) is 24.4. The first-order valence-corrected chi connectivity index (χ1v) is 5.76. The summed E-state index contributed by atoms with van der Waals surface area (Å²) in [5.74, 6) is 0. The Balaban J connectivity index is 2.04. The van der Waals surface area contributed by atoms with E-state index in [0.717, 1.165) is 26.1 Å². The Morgan fingerprint density at radius 1 is 1.50 bits per heavy atom. The van der Waals surface area contributed by atoms with Crippen LogP contribution < -0.4 is 5.32 Å². The van der Waals surface area contributed by atoms with E-state index in [4.69, 9.17) is 4.74 Å². The molecule has 1 aliphatic rings. The number of nitrogens with zero attached hydrogens (tertiary/aromatic N) is 1. The number of nitrogens with one attached hydrogen (secondary N) is 1. The first kappa shape index (κ1) is 12.0. The van der Waals surface area contributed by atoms with Gasteiger partial charge in [-0.1, -0.05) is 0 Å². The second-order valence-corrected chi connectivity index (χ2v) is 4.36. The SMILES string of the molecule is CC(C)OCCCN1CCNCC1C. The van der Waals surface area contributed by atoms with Gasteiger partial charge in [0.25, 0.3) is 0 Å². The van der Waals surface area contributed by atoms with Gasteiger partial charge in [0.2, 0.25) is 0 Å². The first-order valence-electron chi connectivity index (χ1n) is 5.76. The highest BCUT2D eigenvalue weighted by Crippen LogP contribution is 2.03. The molecule has 1 atom stereocenters. The highest BCUT2D eigenvalue weighted by atomic mass is 16.5. The number of hydrogen-bond donors (Lipinski definition) is 1. The van der Waals surface area contributed by atoms with Gasteiger partial charge in [0, 0.05) is 38.8 Å². The highest BCUT2D eigenvalue weighted by molar-refractivity contribution is 4.75. The van der Waals surface area contributed by atoms with Crippen molar-refractivity contribution < 1.29 is 4.74 Å². The molecule has 0 aromatic carbocycles. The van der Waals surface area contributed by atoms with Crippen LogP contribution in [0.2, 0.25) is 0 Å². The van der Waals surface area contributed by atoms with Crippen LogP contribution in [0, 0.1) is 0 Å². The Bertz CT molecular complexity index is 150. The molecule has 14 heavy (non-hydrogen) atoms. The van der Waals surface area contributed by atoms with Gasteiger partial charge in [0.05, 0.1) is 6.10 Å². The Morgan fingerprint density at radius 3 is 2.93 bits per heavy atom. The molecule has 3 nitrogen and oxygen atoms in total. The quantitative estimate of drug-likeness (QED) is 0.673. The van der Waals surface area contributed by atoms with Gasteiger partial charge in [0.15, 0.2) is 0 Å². The van der Waals surface area contributed by atoms with Gasteiger partial charge in [-0.15, -0.1) is 0 Å². The predicted octanol–water partition coefficient (Wildman–Crippen LogP) is 1.10. The topological polar surface area (TPSA) is 24.5 Å². The number of rotatable bonds is 5. The maximum atomic E-state index is 5.53. The lowest BCUT2D eigenvalue weighted by Crippen LogP contribution is -2.50. The molecule has 0 saturated carbocycles. The van der Waals surface area contributed by atoms with E-state index < -0.39 is 0 Å². The molecule has 1 unspecified atom stereocenters. The molecule has 1 N–H and O–H groups in total. The zero-order valence-corrected chi connectivity index (χ0v) is 9.75. The van der Waals surface area contributed by atoms with E-state index in [2.05, 4.69) is 31.0 Å². The van der Waals surface area contributed by atoms with Crippen LogP contribution >= 0.6 is 0 Å². The summed E-state index contributed by atoms with van der Waals surface area (Å²) < 4.78 is 5.53. The Labute approximate surface area is 87.8 Å². The number of ether oxygens (including phenoxy) is 1. The molecule has 1 rings (SSSR count). The number of piperazine rings is 1. The third-order valence-corrected chi connectivity index (χ3v) is 2.68. The Kier molecular flexibility index (Phi) is 5.45. The first-order chi connectivity index (χ1) is 6.70. The van der Waals surface area contributed by atoms with Crippen molar-refractivity contribution in [3.63, 3.8) is 0 Å². The fourth-order valence-electron chi connectivity index (χ4n) is 1.80. The van der Waals surface area contributed by atoms with Gasteiger partial charge in [-0.05, 0) is 27.2 Å². The van der Waals surface area contributed by atoms with E-state index in [1.165, 1.54) is 13.1 Å². The molecule has 1 aliphatic heterocycles. The number of hydrogen-bond acceptors (Lipinski definition) is 3. The van der Waals surface area contributed by atoms with Crippen molar-refractivity contribution in [1.82, 2.24) is 10.2 Å². The van der Waals surface area contributed by atoms with Crippen molar-refractivity contribution in [2.45, 2.75) is 39.3 Å². The second kappa shape index (κ2) is 6.38. The van der Waals surface area contributed by atoms with Gasteiger partial charge in [-0.2, -0.15) is 0 Å². The maximum absolute atomic E-state index is 5.53. The van der Waals surface area contributed by atoms with E-state index in [-0.39, 0.29) is 0 Å². The minimum Gasteiger partial charge on any atom is -0.379 e. The summed E-state index contributed by atoms with van der Waals surface area (Å²) in [6.07, 6.45) is 1.53. The molecule has 0 bridgehead atoms. The van der Waals surface area contributed by atoms with E-state index in [0.29, 0.717) is 12.1 Å². The molecular formula is C11H24N2O. The van der Waals surface area contributed by atoms with E-state index >= 15 is 0 Å². The lowest BCUT2D eigenvalue weighted by atomic mass is 10.2. The molecule has 1 heterocycles. The smallest absolute Gasteiger partial charge is 0.0518 e. The Hall–Kier alpha value is -0.120. The van der Waals surface area contributed by atoms with Crippen LogP contribution in [0.25, 0.3) is 0 Å². The highest BCUT2D eigenvalue weighted by Gasteiger charge is 2.16. The molecule has 1 fully saturated rings. The van der Waals surface area contributed by atoms with Crippen LogP contribution in [0.15, 0.2) is 0 Å². The van der Waals surface area contributed by atoms with Gasteiger partial charge in [0.1, 0.15) is 0 Å². The molecule has 0 aromatic rings. The molecule has 84 valence electrons. The molecular weight excluding hydrogens is 176 g/mol. The van der Waals surface area contributed by atoms with Gasteiger partial charge in [-0.25, -0.2) is 0 Å². The van der Waals surface area contributed by atoms with Crippen LogP contribution in [-0.4, -0.2) is 49.8 Å². The molecule has 1 saturated heterocycles. The zero-order chi connectivity index (χ0) is 10.4. The van der Waals surface area contributed by atoms with E-state index in [1.54, 1.807) is 0 Å². The third-order valence-electron chi connectivity index (χ3n) is 2.68. The van der Waals surface area contributed by atoms with Crippen LogP contribution in [0.1, 0.15) is 27.2 Å². The third kappa shape index (κ3) is 4.40. The fraction of sp³-hybridized carbons (Fsp3) is 1.00. The fourth-order valence-corrected chi connectivity index (χ4v) is 1.80. The summed E-state index contributed by atoms with van der Waals surface area (Å²) in [7, 11) is 0. The maximum Gasteiger partial charge on any atom is 0.0518 e. The predicted molar refractivity (Wildman–Crippen MR) is 59.6 cm³/mol. The van der Waals surface area contributed by atoms with E-state index in [9.17, 15) is 0 Å². The average Bonchev–Trinajstić information content (AvgIpc) is 2.15. The Morgan fingerprint density at radius 2 is 2.29 bits per heavy atom. The second-order valence-electron chi connectivity index (χ2n) is 4.36. The van der Waals surface area contributed by atoms with E-state index in [1.807, 2.05) is 0 Å². The molecule has 3 heteroatoms. The standard InChI is InChI=1S/C11H24N2O/c1-10(2)14-8-4-6-13-7-5-12-9-11(13)3/h10-12H,4-9H2,1-3H3. The van der Waals surface area contributed by atoms with Gasteiger partial charge >= 0.3 is 0 Å². The molecule has 0 radical (unpaired) electrons. The molecule has 0 spiro atoms. The summed E-state index contributed by atoms with van der Waals surface area (Å²) in [5, 5.41) is 3.40. The summed E-state index contributed by atoms with van der Waals surface area (Å²) in [6, 6.07) is 0.683. The van der Waals surface area contributed by atoms with Crippen molar-refractivity contribution in [2.24, 2.45) is 0 Å². The average molecular weight is 200 g/mol.